The van der Waals surface area contributed by atoms with Crippen molar-refractivity contribution in [3.05, 3.63) is 39.7 Å². The number of halogens is 1. The largest absolute Gasteiger partial charge is 0.468 e. The minimum absolute atomic E-state index is 0.0688. The summed E-state index contributed by atoms with van der Waals surface area (Å²) in [5, 5.41) is 10.7. The summed E-state index contributed by atoms with van der Waals surface area (Å²) in [6, 6.07) is 2.50. The first kappa shape index (κ1) is 16.5. The number of carbonyl (C=O) groups excluding carboxylic acids is 2. The Morgan fingerprint density at radius 2 is 2.05 bits per heavy atom. The van der Waals surface area contributed by atoms with E-state index in [2.05, 4.69) is 4.74 Å². The Balaban J connectivity index is 3.12. The molecular formula is C13H15FN2O5. The Morgan fingerprint density at radius 3 is 2.52 bits per heavy atom. The van der Waals surface area contributed by atoms with E-state index in [9.17, 15) is 24.1 Å². The van der Waals surface area contributed by atoms with E-state index >= 15 is 0 Å². The molecule has 114 valence electrons. The molecule has 0 aliphatic heterocycles. The number of methoxy groups -OCH3 is 1. The maximum absolute atomic E-state index is 13.3. The number of amides is 1. The highest BCUT2D eigenvalue weighted by Crippen LogP contribution is 2.20. The zero-order valence-corrected chi connectivity index (χ0v) is 11.8. The summed E-state index contributed by atoms with van der Waals surface area (Å²) in [4.78, 5) is 34.6. The van der Waals surface area contributed by atoms with Gasteiger partial charge in [-0.1, -0.05) is 0 Å². The first-order chi connectivity index (χ1) is 9.77. The van der Waals surface area contributed by atoms with E-state index in [0.29, 0.717) is 0 Å². The van der Waals surface area contributed by atoms with Crippen LogP contribution < -0.4 is 0 Å². The molecule has 0 aromatic heterocycles. The van der Waals surface area contributed by atoms with Gasteiger partial charge < -0.3 is 9.64 Å². The highest BCUT2D eigenvalue weighted by atomic mass is 19.1. The van der Waals surface area contributed by atoms with Crippen LogP contribution in [-0.4, -0.2) is 41.4 Å². The summed E-state index contributed by atoms with van der Waals surface area (Å²) in [6.45, 7) is 3.07. The zero-order valence-electron chi connectivity index (χ0n) is 11.8. The highest BCUT2D eigenvalue weighted by Gasteiger charge is 2.24. The molecule has 1 aromatic rings. The molecule has 0 N–H and O–H groups in total. The predicted molar refractivity (Wildman–Crippen MR) is 71.2 cm³/mol. The van der Waals surface area contributed by atoms with Crippen molar-refractivity contribution in [2.75, 3.05) is 13.7 Å². The van der Waals surface area contributed by atoms with Crippen LogP contribution >= 0.6 is 0 Å². The van der Waals surface area contributed by atoms with Crippen molar-refractivity contribution in [3.63, 3.8) is 0 Å². The Bertz CT molecular complexity index is 574. The van der Waals surface area contributed by atoms with Gasteiger partial charge in [0.05, 0.1) is 12.0 Å². The molecule has 0 unspecified atom stereocenters. The molecule has 0 fully saturated rings. The lowest BCUT2D eigenvalue weighted by atomic mass is 10.1. The van der Waals surface area contributed by atoms with Crippen LogP contribution in [0.25, 0.3) is 0 Å². The number of nitro groups is 1. The van der Waals surface area contributed by atoms with Crippen molar-refractivity contribution in [1.82, 2.24) is 4.90 Å². The first-order valence-corrected chi connectivity index (χ1v) is 6.09. The van der Waals surface area contributed by atoms with Crippen molar-refractivity contribution in [1.29, 1.82) is 0 Å². The highest BCUT2D eigenvalue weighted by molar-refractivity contribution is 5.96. The number of hydrogen-bond donors (Lipinski definition) is 0. The van der Waals surface area contributed by atoms with Crippen molar-refractivity contribution in [3.8, 4) is 0 Å². The molecule has 8 heteroatoms. The van der Waals surface area contributed by atoms with Gasteiger partial charge in [-0.25, -0.2) is 0 Å². The van der Waals surface area contributed by atoms with Gasteiger partial charge in [0.1, 0.15) is 6.54 Å². The van der Waals surface area contributed by atoms with Gasteiger partial charge in [0.25, 0.3) is 5.91 Å². The van der Waals surface area contributed by atoms with Crippen LogP contribution in [0.15, 0.2) is 18.2 Å². The van der Waals surface area contributed by atoms with Crippen LogP contribution in [0.4, 0.5) is 10.1 Å². The summed E-state index contributed by atoms with van der Waals surface area (Å²) >= 11 is 0. The van der Waals surface area contributed by atoms with Gasteiger partial charge in [-0.2, -0.15) is 4.39 Å². The molecule has 1 aromatic carbocycles. The van der Waals surface area contributed by atoms with Gasteiger partial charge in [0, 0.05) is 17.7 Å². The molecule has 0 radical (unpaired) electrons. The standard InChI is InChI=1S/C13H15FN2O5/c1-8(2)15(7-12(17)21-3)13(18)9-4-5-10(14)11(6-9)16(19)20/h4-6,8H,7H2,1-3H3. The number of rotatable bonds is 5. The minimum atomic E-state index is -1.03. The third-order valence-electron chi connectivity index (χ3n) is 2.80. The summed E-state index contributed by atoms with van der Waals surface area (Å²) in [5.74, 6) is -2.26. The lowest BCUT2D eigenvalue weighted by molar-refractivity contribution is -0.387. The van der Waals surface area contributed by atoms with Crippen LogP contribution in [0.5, 0.6) is 0 Å². The number of nitro benzene ring substituents is 1. The number of hydrogen-bond acceptors (Lipinski definition) is 5. The predicted octanol–water partition coefficient (Wildman–Crippen LogP) is 1.76. The molecule has 0 saturated carbocycles. The van der Waals surface area contributed by atoms with Crippen LogP contribution in [0.3, 0.4) is 0 Å². The molecule has 1 rings (SSSR count). The Kier molecular flexibility index (Phi) is 5.34. The molecule has 21 heavy (non-hydrogen) atoms. The van der Waals surface area contributed by atoms with Crippen molar-refractivity contribution >= 4 is 17.6 Å². The van der Waals surface area contributed by atoms with Gasteiger partial charge in [-0.15, -0.1) is 0 Å². The molecule has 0 aliphatic rings. The maximum Gasteiger partial charge on any atom is 0.325 e. The molecule has 0 spiro atoms. The quantitative estimate of drug-likeness (QED) is 0.469. The van der Waals surface area contributed by atoms with E-state index < -0.39 is 28.3 Å². The Labute approximate surface area is 120 Å². The summed E-state index contributed by atoms with van der Waals surface area (Å²) < 4.78 is 17.8. The second-order valence-corrected chi connectivity index (χ2v) is 4.53. The van der Waals surface area contributed by atoms with E-state index in [1.807, 2.05) is 0 Å². The number of nitrogens with zero attached hydrogens (tertiary/aromatic N) is 2. The Morgan fingerprint density at radius 1 is 1.43 bits per heavy atom. The van der Waals surface area contributed by atoms with E-state index in [1.165, 1.54) is 12.0 Å². The van der Waals surface area contributed by atoms with E-state index in [1.54, 1.807) is 13.8 Å². The van der Waals surface area contributed by atoms with Crippen LogP contribution in [0.1, 0.15) is 24.2 Å². The Hall–Kier alpha value is -2.51. The minimum Gasteiger partial charge on any atom is -0.468 e. The van der Waals surface area contributed by atoms with Crippen molar-refractivity contribution in [2.24, 2.45) is 0 Å². The SMILES string of the molecule is COC(=O)CN(C(=O)c1ccc(F)c([N+](=O)[O-])c1)C(C)C. The van der Waals surface area contributed by atoms with E-state index in [-0.39, 0.29) is 18.2 Å². The molecule has 0 heterocycles. The molecule has 0 atom stereocenters. The first-order valence-electron chi connectivity index (χ1n) is 6.09. The number of benzene rings is 1. The van der Waals surface area contributed by atoms with Gasteiger partial charge in [0.15, 0.2) is 0 Å². The lowest BCUT2D eigenvalue weighted by Crippen LogP contribution is -2.41. The van der Waals surface area contributed by atoms with Gasteiger partial charge >= 0.3 is 11.7 Å². The second-order valence-electron chi connectivity index (χ2n) is 4.53. The third-order valence-corrected chi connectivity index (χ3v) is 2.80. The molecule has 7 nitrogen and oxygen atoms in total. The fraction of sp³-hybridized carbons (Fsp3) is 0.385. The number of carbonyl (C=O) groups is 2. The molecular weight excluding hydrogens is 283 g/mol. The van der Waals surface area contributed by atoms with Crippen LogP contribution in [-0.2, 0) is 9.53 Å². The van der Waals surface area contributed by atoms with Gasteiger partial charge in [-0.05, 0) is 26.0 Å². The molecule has 1 amide bonds. The molecule has 0 bridgehead atoms. The second kappa shape index (κ2) is 6.78. The average molecular weight is 298 g/mol. The van der Waals surface area contributed by atoms with Gasteiger partial charge in [-0.3, -0.25) is 19.7 Å². The number of esters is 1. The van der Waals surface area contributed by atoms with Crippen LogP contribution in [0.2, 0.25) is 0 Å². The fourth-order valence-electron chi connectivity index (χ4n) is 1.64. The fourth-order valence-corrected chi connectivity index (χ4v) is 1.64. The summed E-state index contributed by atoms with van der Waals surface area (Å²) in [5.41, 5.74) is -0.858. The summed E-state index contributed by atoms with van der Waals surface area (Å²) in [6.07, 6.45) is 0. The third kappa shape index (κ3) is 3.98. The maximum atomic E-state index is 13.3. The summed E-state index contributed by atoms with van der Waals surface area (Å²) in [7, 11) is 1.19. The molecule has 0 saturated heterocycles. The zero-order chi connectivity index (χ0) is 16.2. The van der Waals surface area contributed by atoms with Crippen LogP contribution in [0, 0.1) is 15.9 Å². The van der Waals surface area contributed by atoms with Crippen molar-refractivity contribution in [2.45, 2.75) is 19.9 Å². The molecule has 0 aliphatic carbocycles. The van der Waals surface area contributed by atoms with Crippen molar-refractivity contribution < 1.29 is 23.6 Å². The topological polar surface area (TPSA) is 89.8 Å². The lowest BCUT2D eigenvalue weighted by Gasteiger charge is -2.25. The monoisotopic (exact) mass is 298 g/mol. The average Bonchev–Trinajstić information content (AvgIpc) is 2.43. The van der Waals surface area contributed by atoms with Gasteiger partial charge in [0.2, 0.25) is 5.82 Å². The van der Waals surface area contributed by atoms with E-state index in [4.69, 9.17) is 0 Å². The number of ether oxygens (including phenoxy) is 1. The normalized spacial score (nSPS) is 10.3. The smallest absolute Gasteiger partial charge is 0.325 e. The van der Waals surface area contributed by atoms with E-state index in [0.717, 1.165) is 18.2 Å².